The Balaban J connectivity index is 1.56. The Bertz CT molecular complexity index is 1150. The molecule has 176 valence electrons. The average Bonchev–Trinajstić information content (AvgIpc) is 3.29. The molecular formula is C27H30F2N5+. The maximum atomic E-state index is 13.6. The van der Waals surface area contributed by atoms with Crippen LogP contribution in [0.1, 0.15) is 36.5 Å². The van der Waals surface area contributed by atoms with Crippen molar-refractivity contribution < 1.29 is 13.5 Å². The average molecular weight is 463 g/mol. The minimum atomic E-state index is -0.266. The van der Waals surface area contributed by atoms with Crippen LogP contribution in [0.5, 0.6) is 0 Å². The molecule has 0 aliphatic carbocycles. The smallest absolute Gasteiger partial charge is 0.186 e. The lowest BCUT2D eigenvalue weighted by Crippen LogP contribution is -2.29. The van der Waals surface area contributed by atoms with Gasteiger partial charge in [-0.2, -0.15) is 0 Å². The summed E-state index contributed by atoms with van der Waals surface area (Å²) in [6.07, 6.45) is 3.90. The van der Waals surface area contributed by atoms with Crippen molar-refractivity contribution in [1.29, 1.82) is 0 Å². The summed E-state index contributed by atoms with van der Waals surface area (Å²) in [6, 6.07) is 16.9. The minimum absolute atomic E-state index is 0.0727. The van der Waals surface area contributed by atoms with Gasteiger partial charge in [0.05, 0.1) is 6.54 Å². The normalized spacial score (nSPS) is 15.4. The number of aromatic nitrogens is 1. The molecule has 2 heterocycles. The number of nitrogens with one attached hydrogen (secondary N) is 1. The van der Waals surface area contributed by atoms with E-state index in [0.717, 1.165) is 54.4 Å². The molecule has 7 heteroatoms. The minimum Gasteiger partial charge on any atom is -0.366 e. The lowest BCUT2D eigenvalue weighted by atomic mass is 9.92. The van der Waals surface area contributed by atoms with E-state index in [1.807, 2.05) is 16.8 Å². The second-order valence-corrected chi connectivity index (χ2v) is 8.26. The Morgan fingerprint density at radius 2 is 1.62 bits per heavy atom. The van der Waals surface area contributed by atoms with Gasteiger partial charge in [-0.3, -0.25) is 4.90 Å². The molecule has 2 aromatic carbocycles. The second kappa shape index (κ2) is 11.1. The van der Waals surface area contributed by atoms with E-state index >= 15 is 0 Å². The maximum Gasteiger partial charge on any atom is 0.186 e. The van der Waals surface area contributed by atoms with Crippen LogP contribution in [-0.4, -0.2) is 52.7 Å². The fourth-order valence-electron chi connectivity index (χ4n) is 4.02. The van der Waals surface area contributed by atoms with Gasteiger partial charge >= 0.3 is 0 Å². The molecule has 0 amide bonds. The van der Waals surface area contributed by atoms with Crippen molar-refractivity contribution in [3.63, 3.8) is 0 Å². The van der Waals surface area contributed by atoms with Crippen LogP contribution in [0.3, 0.4) is 0 Å². The van der Waals surface area contributed by atoms with Gasteiger partial charge in [0.2, 0.25) is 0 Å². The topological polar surface area (TPSA) is 43.5 Å². The summed E-state index contributed by atoms with van der Waals surface area (Å²) in [5.74, 6) is 0.142. The summed E-state index contributed by atoms with van der Waals surface area (Å²) >= 11 is 0. The van der Waals surface area contributed by atoms with Crippen LogP contribution in [0, 0.1) is 11.6 Å². The van der Waals surface area contributed by atoms with Crippen LogP contribution < -0.4 is 5.32 Å². The summed E-state index contributed by atoms with van der Waals surface area (Å²) in [7, 11) is 0. The highest BCUT2D eigenvalue weighted by molar-refractivity contribution is 6.14. The molecule has 0 saturated carbocycles. The number of hydrogen-bond acceptors (Lipinski definition) is 4. The second-order valence-electron chi connectivity index (χ2n) is 8.26. The molecule has 0 fully saturated rings. The van der Waals surface area contributed by atoms with Gasteiger partial charge in [0, 0.05) is 18.3 Å². The largest absolute Gasteiger partial charge is 0.366 e. The number of likely N-dealkylation sites (N-methyl/N-ethyl adjacent to an activating group) is 1. The first-order chi connectivity index (χ1) is 16.6. The molecule has 5 nitrogen and oxygen atoms in total. The van der Waals surface area contributed by atoms with Crippen LogP contribution in [0.4, 0.5) is 14.6 Å². The Labute approximate surface area is 199 Å². The zero-order valence-electron chi connectivity index (χ0n) is 19.6. The molecule has 0 saturated heterocycles. The molecule has 0 radical (unpaired) electrons. The van der Waals surface area contributed by atoms with Gasteiger partial charge in [0.1, 0.15) is 29.1 Å². The quantitative estimate of drug-likeness (QED) is 0.436. The van der Waals surface area contributed by atoms with E-state index in [1.54, 1.807) is 30.5 Å². The van der Waals surface area contributed by atoms with Crippen molar-refractivity contribution in [3.8, 4) is 0 Å². The molecule has 1 N–H and O–H groups in total. The van der Waals surface area contributed by atoms with Crippen LogP contribution in [0.15, 0.2) is 72.0 Å². The van der Waals surface area contributed by atoms with E-state index in [4.69, 9.17) is 5.10 Å². The SMILES string of the molecule is CCN(CC)CC[N+]1=CC(c2ccnc(NCc3ccc(F)cc3)c2)C(c2ccc(F)cc2)=N1. The number of anilines is 1. The zero-order valence-corrected chi connectivity index (χ0v) is 19.6. The summed E-state index contributed by atoms with van der Waals surface area (Å²) < 4.78 is 28.7. The van der Waals surface area contributed by atoms with E-state index < -0.39 is 0 Å². The van der Waals surface area contributed by atoms with Crippen LogP contribution >= 0.6 is 0 Å². The van der Waals surface area contributed by atoms with Crippen molar-refractivity contribution in [2.45, 2.75) is 26.3 Å². The Morgan fingerprint density at radius 3 is 2.29 bits per heavy atom. The highest BCUT2D eigenvalue weighted by Gasteiger charge is 2.31. The molecular weight excluding hydrogens is 432 g/mol. The Morgan fingerprint density at radius 1 is 0.941 bits per heavy atom. The van der Waals surface area contributed by atoms with Gasteiger partial charge in [-0.05, 0) is 77.8 Å². The zero-order chi connectivity index (χ0) is 23.9. The van der Waals surface area contributed by atoms with Gasteiger partial charge in [0.15, 0.2) is 12.8 Å². The maximum absolute atomic E-state index is 13.6. The highest BCUT2D eigenvalue weighted by Crippen LogP contribution is 2.26. The summed E-state index contributed by atoms with van der Waals surface area (Å²) in [4.78, 5) is 6.80. The summed E-state index contributed by atoms with van der Waals surface area (Å²) in [5.41, 5.74) is 3.79. The number of rotatable bonds is 10. The van der Waals surface area contributed by atoms with Gasteiger partial charge in [0.25, 0.3) is 0 Å². The lowest BCUT2D eigenvalue weighted by molar-refractivity contribution is -0.526. The molecule has 1 atom stereocenters. The molecule has 4 rings (SSSR count). The fourth-order valence-corrected chi connectivity index (χ4v) is 4.02. The number of halogens is 2. The molecule has 3 aromatic rings. The van der Waals surface area contributed by atoms with E-state index in [9.17, 15) is 8.78 Å². The van der Waals surface area contributed by atoms with Gasteiger partial charge in [-0.15, -0.1) is 0 Å². The Hall–Kier alpha value is -3.45. The van der Waals surface area contributed by atoms with Crippen molar-refractivity contribution in [3.05, 3.63) is 95.2 Å². The van der Waals surface area contributed by atoms with Gasteiger partial charge < -0.3 is 5.32 Å². The third-order valence-corrected chi connectivity index (χ3v) is 6.06. The van der Waals surface area contributed by atoms with Crippen LogP contribution in [-0.2, 0) is 6.54 Å². The van der Waals surface area contributed by atoms with Crippen molar-refractivity contribution in [1.82, 2.24) is 9.88 Å². The van der Waals surface area contributed by atoms with Crippen LogP contribution in [0.2, 0.25) is 0 Å². The number of pyridine rings is 1. The third-order valence-electron chi connectivity index (χ3n) is 6.06. The monoisotopic (exact) mass is 462 g/mol. The molecule has 1 aliphatic heterocycles. The first-order valence-electron chi connectivity index (χ1n) is 11.7. The molecule has 34 heavy (non-hydrogen) atoms. The van der Waals surface area contributed by atoms with Gasteiger partial charge in [-0.1, -0.05) is 30.7 Å². The van der Waals surface area contributed by atoms with E-state index in [2.05, 4.69) is 35.3 Å². The predicted molar refractivity (Wildman–Crippen MR) is 133 cm³/mol. The van der Waals surface area contributed by atoms with E-state index in [-0.39, 0.29) is 17.6 Å². The van der Waals surface area contributed by atoms with Crippen molar-refractivity contribution in [2.75, 3.05) is 31.5 Å². The van der Waals surface area contributed by atoms with Gasteiger partial charge in [-0.25, -0.2) is 13.8 Å². The Kier molecular flexibility index (Phi) is 7.75. The fraction of sp³-hybridized carbons (Fsp3) is 0.296. The molecule has 0 bridgehead atoms. The predicted octanol–water partition coefficient (Wildman–Crippen LogP) is 4.90. The van der Waals surface area contributed by atoms with E-state index in [0.29, 0.717) is 6.54 Å². The van der Waals surface area contributed by atoms with E-state index in [1.165, 1.54) is 24.3 Å². The number of hydrazone groups is 1. The number of hydrogen-bond donors (Lipinski definition) is 1. The van der Waals surface area contributed by atoms with Crippen molar-refractivity contribution >= 4 is 17.7 Å². The first-order valence-corrected chi connectivity index (χ1v) is 11.7. The summed E-state index contributed by atoms with van der Waals surface area (Å²) in [5, 5.41) is 8.20. The molecule has 0 spiro atoms. The van der Waals surface area contributed by atoms with Crippen molar-refractivity contribution in [2.24, 2.45) is 5.10 Å². The first kappa shape index (κ1) is 23.7. The lowest BCUT2D eigenvalue weighted by Gasteiger charge is -2.14. The van der Waals surface area contributed by atoms with Crippen LogP contribution in [0.25, 0.3) is 0 Å². The molecule has 1 aliphatic rings. The molecule has 1 unspecified atom stereocenters. The standard InChI is InChI=1S/C27H30F2N5/c1-3-33(4-2)15-16-34-19-25(27(32-34)21-7-11-24(29)12-8-21)22-13-14-30-26(17-22)31-18-20-5-9-23(28)10-6-20/h5-14,17,19,25H,3-4,15-16,18H2,1-2H3,(H,30,31)/q+1. The number of nitrogens with zero attached hydrogens (tertiary/aromatic N) is 4. The molecule has 1 aromatic heterocycles. The summed E-state index contributed by atoms with van der Waals surface area (Å²) in [6.45, 7) is 8.54. The number of benzene rings is 2. The third kappa shape index (κ3) is 5.91. The highest BCUT2D eigenvalue weighted by atomic mass is 19.1.